The van der Waals surface area contributed by atoms with Crippen LogP contribution in [0.25, 0.3) is 0 Å². The lowest BCUT2D eigenvalue weighted by Gasteiger charge is -2.25. The zero-order valence-corrected chi connectivity index (χ0v) is 18.9. The molecule has 0 saturated carbocycles. The van der Waals surface area contributed by atoms with Crippen molar-refractivity contribution in [3.8, 4) is 0 Å². The topological polar surface area (TPSA) is 28.4 Å². The van der Waals surface area contributed by atoms with E-state index in [1.807, 2.05) is 13.0 Å². The van der Waals surface area contributed by atoms with Gasteiger partial charge in [0.2, 0.25) is 0 Å². The second-order valence-electron chi connectivity index (χ2n) is 9.29. The zero-order valence-electron chi connectivity index (χ0n) is 18.9. The molecule has 3 rings (SSSR count). The van der Waals surface area contributed by atoms with Crippen LogP contribution in [-0.2, 0) is 25.0 Å². The molecule has 0 aliphatic rings. The average molecular weight is 405 g/mol. The van der Waals surface area contributed by atoms with E-state index in [-0.39, 0.29) is 11.5 Å². The molecule has 1 atom stereocenters. The number of hydrogen-bond acceptors (Lipinski definition) is 2. The first-order valence-electron chi connectivity index (χ1n) is 11.0. The summed E-state index contributed by atoms with van der Waals surface area (Å²) in [5.74, 6) is 0. The van der Waals surface area contributed by atoms with Crippen molar-refractivity contribution < 1.29 is 5.11 Å². The SMILES string of the molecule is CCC(O)CN(Cc1ccccc1)Cc1cccn1Cc1ccc(C(C)(C)C)cc1. The van der Waals surface area contributed by atoms with Gasteiger partial charge >= 0.3 is 0 Å². The summed E-state index contributed by atoms with van der Waals surface area (Å²) >= 11 is 0. The van der Waals surface area contributed by atoms with Crippen molar-refractivity contribution in [2.45, 2.75) is 65.3 Å². The van der Waals surface area contributed by atoms with E-state index in [0.29, 0.717) is 6.54 Å². The van der Waals surface area contributed by atoms with Gasteiger partial charge in [-0.3, -0.25) is 4.90 Å². The van der Waals surface area contributed by atoms with Crippen LogP contribution < -0.4 is 0 Å². The Hall–Kier alpha value is -2.36. The summed E-state index contributed by atoms with van der Waals surface area (Å²) in [6.45, 7) is 12.0. The molecule has 2 aromatic carbocycles. The Kier molecular flexibility index (Phi) is 7.52. The molecule has 0 radical (unpaired) electrons. The maximum Gasteiger partial charge on any atom is 0.0664 e. The molecule has 0 aliphatic heterocycles. The van der Waals surface area contributed by atoms with Crippen LogP contribution in [0.1, 0.15) is 56.5 Å². The van der Waals surface area contributed by atoms with Crippen LogP contribution >= 0.6 is 0 Å². The minimum atomic E-state index is -0.304. The van der Waals surface area contributed by atoms with Gasteiger partial charge in [-0.05, 0) is 40.7 Å². The van der Waals surface area contributed by atoms with Gasteiger partial charge in [0.05, 0.1) is 6.10 Å². The molecule has 1 unspecified atom stereocenters. The summed E-state index contributed by atoms with van der Waals surface area (Å²) in [5.41, 5.74) is 5.39. The van der Waals surface area contributed by atoms with Gasteiger partial charge in [0.25, 0.3) is 0 Å². The van der Waals surface area contributed by atoms with Gasteiger partial charge < -0.3 is 9.67 Å². The Bertz CT molecular complexity index is 891. The van der Waals surface area contributed by atoms with E-state index in [1.165, 1.54) is 22.4 Å². The Balaban J connectivity index is 1.72. The largest absolute Gasteiger partial charge is 0.392 e. The Morgan fingerprint density at radius 1 is 0.867 bits per heavy atom. The van der Waals surface area contributed by atoms with Crippen molar-refractivity contribution >= 4 is 0 Å². The van der Waals surface area contributed by atoms with E-state index in [4.69, 9.17) is 0 Å². The molecule has 30 heavy (non-hydrogen) atoms. The first-order valence-corrected chi connectivity index (χ1v) is 11.0. The summed E-state index contributed by atoms with van der Waals surface area (Å²) in [6.07, 6.45) is 2.62. The monoisotopic (exact) mass is 404 g/mol. The van der Waals surface area contributed by atoms with Crippen LogP contribution in [0.3, 0.4) is 0 Å². The minimum absolute atomic E-state index is 0.176. The molecular formula is C27H36N2O. The van der Waals surface area contributed by atoms with E-state index >= 15 is 0 Å². The van der Waals surface area contributed by atoms with Gasteiger partial charge in [0.15, 0.2) is 0 Å². The van der Waals surface area contributed by atoms with Gasteiger partial charge in [0.1, 0.15) is 0 Å². The van der Waals surface area contributed by atoms with Crippen LogP contribution in [0.2, 0.25) is 0 Å². The van der Waals surface area contributed by atoms with Crippen LogP contribution in [0.15, 0.2) is 72.9 Å². The predicted molar refractivity (Wildman–Crippen MR) is 126 cm³/mol. The van der Waals surface area contributed by atoms with Crippen molar-refractivity contribution in [3.05, 3.63) is 95.3 Å². The van der Waals surface area contributed by atoms with Gasteiger partial charge in [-0.2, -0.15) is 0 Å². The van der Waals surface area contributed by atoms with E-state index in [2.05, 4.69) is 97.1 Å². The Labute approximate surface area is 182 Å². The first kappa shape index (κ1) is 22.3. The molecule has 3 heteroatoms. The highest BCUT2D eigenvalue weighted by Gasteiger charge is 2.15. The van der Waals surface area contributed by atoms with Crippen LogP contribution in [0.5, 0.6) is 0 Å². The molecule has 1 heterocycles. The zero-order chi connectivity index (χ0) is 21.6. The van der Waals surface area contributed by atoms with Gasteiger partial charge in [-0.25, -0.2) is 0 Å². The Morgan fingerprint density at radius 3 is 2.20 bits per heavy atom. The summed E-state index contributed by atoms with van der Waals surface area (Å²) in [6, 6.07) is 23.8. The minimum Gasteiger partial charge on any atom is -0.392 e. The third kappa shape index (κ3) is 6.32. The molecule has 0 bridgehead atoms. The summed E-state index contributed by atoms with van der Waals surface area (Å²) < 4.78 is 2.32. The van der Waals surface area contributed by atoms with E-state index < -0.39 is 0 Å². The van der Waals surface area contributed by atoms with Gasteiger partial charge in [-0.1, -0.05) is 82.3 Å². The van der Waals surface area contributed by atoms with Gasteiger partial charge in [-0.15, -0.1) is 0 Å². The molecule has 1 N–H and O–H groups in total. The van der Waals surface area contributed by atoms with Crippen molar-refractivity contribution in [1.29, 1.82) is 0 Å². The number of aliphatic hydroxyl groups excluding tert-OH is 1. The quantitative estimate of drug-likeness (QED) is 0.502. The third-order valence-electron chi connectivity index (χ3n) is 5.67. The fourth-order valence-electron chi connectivity index (χ4n) is 3.74. The van der Waals surface area contributed by atoms with Crippen molar-refractivity contribution in [2.24, 2.45) is 0 Å². The molecule has 0 aliphatic carbocycles. The lowest BCUT2D eigenvalue weighted by atomic mass is 9.87. The van der Waals surface area contributed by atoms with Crippen molar-refractivity contribution in [2.75, 3.05) is 6.54 Å². The summed E-state index contributed by atoms with van der Waals surface area (Å²) in [7, 11) is 0. The smallest absolute Gasteiger partial charge is 0.0664 e. The predicted octanol–water partition coefficient (Wildman–Crippen LogP) is 5.61. The average Bonchev–Trinajstić information content (AvgIpc) is 3.14. The standard InChI is InChI=1S/C27H36N2O/c1-5-26(30)21-28(18-22-10-7-6-8-11-22)20-25-12-9-17-29(25)19-23-13-15-24(16-14-23)27(2,3)4/h6-17,26,30H,5,18-21H2,1-4H3. The molecule has 3 aromatic rings. The second kappa shape index (κ2) is 10.1. The van der Waals surface area contributed by atoms with Crippen molar-refractivity contribution in [3.63, 3.8) is 0 Å². The molecule has 0 saturated heterocycles. The number of aliphatic hydroxyl groups is 1. The highest BCUT2D eigenvalue weighted by Crippen LogP contribution is 2.23. The first-order chi connectivity index (χ1) is 14.3. The maximum atomic E-state index is 10.3. The van der Waals surface area contributed by atoms with E-state index in [1.54, 1.807) is 0 Å². The molecule has 0 amide bonds. The fraction of sp³-hybridized carbons (Fsp3) is 0.407. The van der Waals surface area contributed by atoms with Crippen LogP contribution in [0, 0.1) is 0 Å². The highest BCUT2D eigenvalue weighted by molar-refractivity contribution is 5.28. The lowest BCUT2D eigenvalue weighted by molar-refractivity contribution is 0.100. The van der Waals surface area contributed by atoms with Crippen LogP contribution in [0.4, 0.5) is 0 Å². The molecular weight excluding hydrogens is 368 g/mol. The normalized spacial score (nSPS) is 13.0. The fourth-order valence-corrected chi connectivity index (χ4v) is 3.74. The summed E-state index contributed by atoms with van der Waals surface area (Å²) in [4.78, 5) is 2.35. The molecule has 0 spiro atoms. The van der Waals surface area contributed by atoms with E-state index in [0.717, 1.165) is 26.1 Å². The van der Waals surface area contributed by atoms with Gasteiger partial charge in [0, 0.05) is 38.1 Å². The number of aromatic nitrogens is 1. The lowest BCUT2D eigenvalue weighted by Crippen LogP contribution is -2.32. The highest BCUT2D eigenvalue weighted by atomic mass is 16.3. The van der Waals surface area contributed by atoms with E-state index in [9.17, 15) is 5.11 Å². The second-order valence-corrected chi connectivity index (χ2v) is 9.29. The maximum absolute atomic E-state index is 10.3. The number of benzene rings is 2. The third-order valence-corrected chi connectivity index (χ3v) is 5.67. The number of nitrogens with zero attached hydrogens (tertiary/aromatic N) is 2. The molecule has 0 fully saturated rings. The Morgan fingerprint density at radius 2 is 1.57 bits per heavy atom. The molecule has 3 nitrogen and oxygen atoms in total. The van der Waals surface area contributed by atoms with Crippen molar-refractivity contribution in [1.82, 2.24) is 9.47 Å². The molecule has 1 aromatic heterocycles. The molecule has 160 valence electrons. The number of rotatable bonds is 9. The number of hydrogen-bond donors (Lipinski definition) is 1. The summed E-state index contributed by atoms with van der Waals surface area (Å²) in [5, 5.41) is 10.3. The van der Waals surface area contributed by atoms with Crippen LogP contribution in [-0.4, -0.2) is 27.2 Å².